The van der Waals surface area contributed by atoms with E-state index in [0.29, 0.717) is 23.0 Å². The summed E-state index contributed by atoms with van der Waals surface area (Å²) in [4.78, 5) is 5.28. The van der Waals surface area contributed by atoms with Gasteiger partial charge in [0.05, 0.1) is 6.61 Å². The molecule has 2 heterocycles. The van der Waals surface area contributed by atoms with Crippen LogP contribution < -0.4 is 0 Å². The van der Waals surface area contributed by atoms with Crippen molar-refractivity contribution in [2.24, 2.45) is 0 Å². The minimum atomic E-state index is 0.428. The Morgan fingerprint density at radius 2 is 2.14 bits per heavy atom. The Kier molecular flexibility index (Phi) is 3.45. The van der Waals surface area contributed by atoms with Gasteiger partial charge in [-0.15, -0.1) is 0 Å². The van der Waals surface area contributed by atoms with Crippen LogP contribution in [-0.4, -0.2) is 21.7 Å². The molecule has 0 saturated carbocycles. The monoisotopic (exact) mass is 298 g/mol. The first-order valence-electron chi connectivity index (χ1n) is 6.49. The molecule has 21 heavy (non-hydrogen) atoms. The van der Waals surface area contributed by atoms with Gasteiger partial charge in [-0.3, -0.25) is 0 Å². The fourth-order valence-electron chi connectivity index (χ4n) is 2.16. The second-order valence-corrected chi connectivity index (χ2v) is 5.88. The largest absolute Gasteiger partial charge is 0.377 e. The van der Waals surface area contributed by atoms with Crippen LogP contribution >= 0.6 is 11.3 Å². The second-order valence-electron chi connectivity index (χ2n) is 4.84. The van der Waals surface area contributed by atoms with E-state index >= 15 is 0 Å². The third-order valence-corrected chi connectivity index (χ3v) is 4.28. The van der Waals surface area contributed by atoms with Gasteiger partial charge < -0.3 is 4.74 Å². The number of methoxy groups -OCH3 is 1. The van der Waals surface area contributed by atoms with Crippen LogP contribution in [0.5, 0.6) is 0 Å². The molecule has 0 aliphatic rings. The van der Waals surface area contributed by atoms with Gasteiger partial charge in [-0.1, -0.05) is 23.5 Å². The van der Waals surface area contributed by atoms with E-state index in [0.717, 1.165) is 10.6 Å². The van der Waals surface area contributed by atoms with Crippen LogP contribution in [0.3, 0.4) is 0 Å². The number of rotatable bonds is 3. The predicted molar refractivity (Wildman–Crippen MR) is 81.2 cm³/mol. The molecule has 0 unspecified atom stereocenters. The molecule has 6 heteroatoms. The second kappa shape index (κ2) is 5.28. The predicted octanol–water partition coefficient (Wildman–Crippen LogP) is 3.09. The average molecular weight is 298 g/mol. The van der Waals surface area contributed by atoms with E-state index in [1.807, 2.05) is 12.1 Å². The Balaban J connectivity index is 2.16. The number of ether oxygens (including phenoxy) is 1. The summed E-state index contributed by atoms with van der Waals surface area (Å²) in [7, 11) is 1.62. The Hall–Kier alpha value is -2.23. The fraction of sp³-hybridized carbons (Fsp3) is 0.267. The third kappa shape index (κ3) is 2.31. The summed E-state index contributed by atoms with van der Waals surface area (Å²) < 4.78 is 6.67. The third-order valence-electron chi connectivity index (χ3n) is 3.40. The number of benzene rings is 1. The lowest BCUT2D eigenvalue weighted by Gasteiger charge is -2.03. The van der Waals surface area contributed by atoms with Crippen molar-refractivity contribution in [2.45, 2.75) is 20.5 Å². The number of nitrogens with zero attached hydrogens (tertiary/aromatic N) is 4. The molecular formula is C15H14N4OS. The molecule has 0 aliphatic heterocycles. The van der Waals surface area contributed by atoms with E-state index in [-0.39, 0.29) is 0 Å². The average Bonchev–Trinajstić information content (AvgIpc) is 2.99. The smallest absolute Gasteiger partial charge is 0.214 e. The Morgan fingerprint density at radius 3 is 2.81 bits per heavy atom. The lowest BCUT2D eigenvalue weighted by molar-refractivity contribution is 0.183. The molecule has 0 N–H and O–H groups in total. The molecule has 0 aliphatic carbocycles. The van der Waals surface area contributed by atoms with Crippen LogP contribution in [-0.2, 0) is 11.3 Å². The lowest BCUT2D eigenvalue weighted by atomic mass is 10.0. The minimum Gasteiger partial charge on any atom is -0.377 e. The van der Waals surface area contributed by atoms with Gasteiger partial charge in [0.2, 0.25) is 4.96 Å². The van der Waals surface area contributed by atoms with Gasteiger partial charge in [-0.25, -0.2) is 4.98 Å². The van der Waals surface area contributed by atoms with Crippen LogP contribution in [0.15, 0.2) is 18.2 Å². The number of aryl methyl sites for hydroxylation is 2. The van der Waals surface area contributed by atoms with Crippen molar-refractivity contribution in [1.82, 2.24) is 14.6 Å². The number of aromatic nitrogens is 3. The molecule has 3 aromatic rings. The zero-order chi connectivity index (χ0) is 15.0. The van der Waals surface area contributed by atoms with Gasteiger partial charge in [0, 0.05) is 12.7 Å². The number of hydrogen-bond donors (Lipinski definition) is 0. The van der Waals surface area contributed by atoms with Crippen molar-refractivity contribution in [2.75, 3.05) is 7.11 Å². The molecule has 1 aromatic carbocycles. The maximum Gasteiger partial charge on any atom is 0.214 e. The summed E-state index contributed by atoms with van der Waals surface area (Å²) in [5.74, 6) is 0. The summed E-state index contributed by atoms with van der Waals surface area (Å²) in [5, 5.41) is 14.6. The van der Waals surface area contributed by atoms with E-state index in [9.17, 15) is 5.26 Å². The zero-order valence-electron chi connectivity index (χ0n) is 12.0. The SMILES string of the molecule is COCc1nn2c(C#N)c(-c3ccc(C)c(C)c3)nc2s1. The molecular weight excluding hydrogens is 284 g/mol. The summed E-state index contributed by atoms with van der Waals surface area (Å²) >= 11 is 1.44. The zero-order valence-corrected chi connectivity index (χ0v) is 12.9. The number of imidazole rings is 1. The summed E-state index contributed by atoms with van der Waals surface area (Å²) in [5.41, 5.74) is 4.50. The Morgan fingerprint density at radius 1 is 1.33 bits per heavy atom. The molecule has 0 fully saturated rings. The minimum absolute atomic E-state index is 0.428. The van der Waals surface area contributed by atoms with Crippen molar-refractivity contribution >= 4 is 16.3 Å². The van der Waals surface area contributed by atoms with E-state index in [1.165, 1.54) is 22.5 Å². The maximum atomic E-state index is 9.45. The topological polar surface area (TPSA) is 63.2 Å². The van der Waals surface area contributed by atoms with Gasteiger partial charge in [0.1, 0.15) is 16.8 Å². The highest BCUT2D eigenvalue weighted by atomic mass is 32.1. The van der Waals surface area contributed by atoms with Crippen LogP contribution in [0.25, 0.3) is 16.2 Å². The number of nitriles is 1. The first-order chi connectivity index (χ1) is 10.1. The van der Waals surface area contributed by atoms with Crippen LogP contribution in [0.1, 0.15) is 21.8 Å². The fourth-order valence-corrected chi connectivity index (χ4v) is 3.03. The highest BCUT2D eigenvalue weighted by Crippen LogP contribution is 2.28. The van der Waals surface area contributed by atoms with Crippen molar-refractivity contribution < 1.29 is 4.74 Å². The molecule has 5 nitrogen and oxygen atoms in total. The number of fused-ring (bicyclic) bond motifs is 1. The van der Waals surface area contributed by atoms with Gasteiger partial charge in [-0.2, -0.15) is 14.9 Å². The summed E-state index contributed by atoms with van der Waals surface area (Å²) in [6, 6.07) is 8.30. The number of hydrogen-bond acceptors (Lipinski definition) is 5. The van der Waals surface area contributed by atoms with Gasteiger partial charge in [-0.05, 0) is 31.0 Å². The van der Waals surface area contributed by atoms with Crippen LogP contribution in [0.4, 0.5) is 0 Å². The van der Waals surface area contributed by atoms with Crippen molar-refractivity contribution in [3.8, 4) is 17.3 Å². The van der Waals surface area contributed by atoms with Crippen LogP contribution in [0.2, 0.25) is 0 Å². The van der Waals surface area contributed by atoms with Crippen LogP contribution in [0, 0.1) is 25.2 Å². The van der Waals surface area contributed by atoms with Crippen molar-refractivity contribution in [1.29, 1.82) is 5.26 Å². The quantitative estimate of drug-likeness (QED) is 0.745. The molecule has 3 rings (SSSR count). The summed E-state index contributed by atoms with van der Waals surface area (Å²) in [6.07, 6.45) is 0. The normalized spacial score (nSPS) is 11.0. The standard InChI is InChI=1S/C15H14N4OS/c1-9-4-5-11(6-10(9)2)14-12(7-16)19-15(17-14)21-13(18-19)8-20-3/h4-6H,8H2,1-3H3. The van der Waals surface area contributed by atoms with Gasteiger partial charge in [0.25, 0.3) is 0 Å². The van der Waals surface area contributed by atoms with Crippen molar-refractivity contribution in [3.05, 3.63) is 40.0 Å². The molecule has 0 bridgehead atoms. The van der Waals surface area contributed by atoms with Gasteiger partial charge in [0.15, 0.2) is 5.69 Å². The molecule has 0 saturated heterocycles. The van der Waals surface area contributed by atoms with Gasteiger partial charge >= 0.3 is 0 Å². The highest BCUT2D eigenvalue weighted by Gasteiger charge is 2.18. The molecule has 2 aromatic heterocycles. The van der Waals surface area contributed by atoms with E-state index in [2.05, 4.69) is 36.1 Å². The highest BCUT2D eigenvalue weighted by molar-refractivity contribution is 7.16. The summed E-state index contributed by atoms with van der Waals surface area (Å²) in [6.45, 7) is 4.55. The first kappa shape index (κ1) is 13.7. The molecule has 0 radical (unpaired) electrons. The van der Waals surface area contributed by atoms with E-state index in [1.54, 1.807) is 11.6 Å². The molecule has 0 atom stereocenters. The Labute approximate surface area is 126 Å². The molecule has 0 amide bonds. The van der Waals surface area contributed by atoms with Crippen molar-refractivity contribution in [3.63, 3.8) is 0 Å². The molecule has 0 spiro atoms. The lowest BCUT2D eigenvalue weighted by Crippen LogP contribution is -1.94. The molecule has 106 valence electrons. The Bertz CT molecular complexity index is 857. The maximum absolute atomic E-state index is 9.45. The van der Waals surface area contributed by atoms with E-state index in [4.69, 9.17) is 4.74 Å². The first-order valence-corrected chi connectivity index (χ1v) is 7.30. The van der Waals surface area contributed by atoms with E-state index < -0.39 is 0 Å².